The molecule has 0 aliphatic rings. The predicted molar refractivity (Wildman–Crippen MR) is 84.9 cm³/mol. The van der Waals surface area contributed by atoms with E-state index in [0.29, 0.717) is 23.2 Å². The van der Waals surface area contributed by atoms with Gasteiger partial charge in [0.05, 0.1) is 11.6 Å². The smallest absolute Gasteiger partial charge is 0.142 e. The fraction of sp³-hybridized carbons (Fsp3) is 0.600. The minimum atomic E-state index is 0.263. The molecule has 0 heterocycles. The molecule has 0 atom stereocenters. The van der Waals surface area contributed by atoms with E-state index in [9.17, 15) is 0 Å². The first-order chi connectivity index (χ1) is 9.69. The van der Waals surface area contributed by atoms with E-state index >= 15 is 0 Å². The monoisotopic (exact) mass is 319 g/mol. The normalized spacial score (nSPS) is 10.8. The summed E-state index contributed by atoms with van der Waals surface area (Å²) in [4.78, 5) is 0. The van der Waals surface area contributed by atoms with Crippen LogP contribution < -0.4 is 10.1 Å². The highest BCUT2D eigenvalue weighted by Gasteiger charge is 2.10. The lowest BCUT2D eigenvalue weighted by molar-refractivity contribution is 0.282. The van der Waals surface area contributed by atoms with Crippen LogP contribution in [0.15, 0.2) is 12.1 Å². The first kappa shape index (κ1) is 17.6. The summed E-state index contributed by atoms with van der Waals surface area (Å²) in [5.74, 6) is 0.723. The van der Waals surface area contributed by atoms with Gasteiger partial charge in [0.15, 0.2) is 0 Å². The van der Waals surface area contributed by atoms with Gasteiger partial charge >= 0.3 is 0 Å². The second kappa shape index (κ2) is 10.3. The van der Waals surface area contributed by atoms with E-state index in [0.717, 1.165) is 43.5 Å². The van der Waals surface area contributed by atoms with Gasteiger partial charge in [-0.15, -0.1) is 0 Å². The third-order valence-corrected chi connectivity index (χ3v) is 3.36. The number of hydrogen-bond donors (Lipinski definition) is 2. The SMILES string of the molecule is CCCOc1c(Cl)cc(Cl)cc1CNCCCCCO. The summed E-state index contributed by atoms with van der Waals surface area (Å²) >= 11 is 12.2. The van der Waals surface area contributed by atoms with Crippen LogP contribution in [0.5, 0.6) is 5.75 Å². The molecule has 0 fully saturated rings. The molecule has 0 amide bonds. The number of halogens is 2. The van der Waals surface area contributed by atoms with Crippen molar-refractivity contribution in [2.75, 3.05) is 19.8 Å². The van der Waals surface area contributed by atoms with Crippen LogP contribution in [0.4, 0.5) is 0 Å². The van der Waals surface area contributed by atoms with E-state index in [-0.39, 0.29) is 6.61 Å². The summed E-state index contributed by atoms with van der Waals surface area (Å²) in [7, 11) is 0. The molecular formula is C15H23Cl2NO2. The Morgan fingerprint density at radius 1 is 1.20 bits per heavy atom. The molecule has 0 saturated carbocycles. The molecule has 0 saturated heterocycles. The zero-order valence-electron chi connectivity index (χ0n) is 11.9. The zero-order chi connectivity index (χ0) is 14.8. The molecule has 2 N–H and O–H groups in total. The van der Waals surface area contributed by atoms with Crippen LogP contribution in [0.25, 0.3) is 0 Å². The van der Waals surface area contributed by atoms with Gasteiger partial charge < -0.3 is 15.2 Å². The summed E-state index contributed by atoms with van der Waals surface area (Å²) in [5.41, 5.74) is 0.984. The molecule has 1 aromatic carbocycles. The molecule has 114 valence electrons. The largest absolute Gasteiger partial charge is 0.492 e. The highest BCUT2D eigenvalue weighted by Crippen LogP contribution is 2.32. The molecule has 0 unspecified atom stereocenters. The van der Waals surface area contributed by atoms with Gasteiger partial charge in [-0.05, 0) is 44.4 Å². The van der Waals surface area contributed by atoms with Crippen molar-refractivity contribution < 1.29 is 9.84 Å². The summed E-state index contributed by atoms with van der Waals surface area (Å²) in [6.07, 6.45) is 3.86. The van der Waals surface area contributed by atoms with Crippen molar-refractivity contribution in [1.82, 2.24) is 5.32 Å². The number of aliphatic hydroxyl groups excluding tert-OH is 1. The molecule has 1 rings (SSSR count). The standard InChI is InChI=1S/C15H23Cl2NO2/c1-2-8-20-15-12(9-13(16)10-14(15)17)11-18-6-4-3-5-7-19/h9-10,18-19H,2-8,11H2,1H3. The molecule has 0 radical (unpaired) electrons. The number of aliphatic hydroxyl groups is 1. The van der Waals surface area contributed by atoms with Crippen molar-refractivity contribution in [3.8, 4) is 5.75 Å². The topological polar surface area (TPSA) is 41.5 Å². The Morgan fingerprint density at radius 2 is 2.00 bits per heavy atom. The maximum absolute atomic E-state index is 8.71. The van der Waals surface area contributed by atoms with Crippen LogP contribution in [-0.2, 0) is 6.54 Å². The Kier molecular flexibility index (Phi) is 9.03. The third kappa shape index (κ3) is 6.31. The Balaban J connectivity index is 2.53. The van der Waals surface area contributed by atoms with E-state index in [2.05, 4.69) is 12.2 Å². The average Bonchev–Trinajstić information content (AvgIpc) is 2.41. The Labute approximate surface area is 131 Å². The van der Waals surface area contributed by atoms with Crippen molar-refractivity contribution in [2.24, 2.45) is 0 Å². The van der Waals surface area contributed by atoms with Gasteiger partial charge in [0.25, 0.3) is 0 Å². The maximum Gasteiger partial charge on any atom is 0.142 e. The van der Waals surface area contributed by atoms with Gasteiger partial charge in [0.1, 0.15) is 5.75 Å². The van der Waals surface area contributed by atoms with Gasteiger partial charge in [0.2, 0.25) is 0 Å². The van der Waals surface area contributed by atoms with E-state index in [4.69, 9.17) is 33.0 Å². The summed E-state index contributed by atoms with van der Waals surface area (Å²) in [6.45, 7) is 4.54. The van der Waals surface area contributed by atoms with Crippen LogP contribution in [0, 0.1) is 0 Å². The van der Waals surface area contributed by atoms with Crippen molar-refractivity contribution in [1.29, 1.82) is 0 Å². The first-order valence-electron chi connectivity index (χ1n) is 7.11. The second-order valence-electron chi connectivity index (χ2n) is 4.69. The molecular weight excluding hydrogens is 297 g/mol. The van der Waals surface area contributed by atoms with E-state index in [1.165, 1.54) is 0 Å². The van der Waals surface area contributed by atoms with Gasteiger partial charge in [-0.3, -0.25) is 0 Å². The molecule has 0 aliphatic heterocycles. The number of nitrogens with one attached hydrogen (secondary N) is 1. The predicted octanol–water partition coefficient (Wildman–Crippen LogP) is 4.03. The van der Waals surface area contributed by atoms with Crippen molar-refractivity contribution in [3.05, 3.63) is 27.7 Å². The lowest BCUT2D eigenvalue weighted by atomic mass is 10.2. The minimum Gasteiger partial charge on any atom is -0.492 e. The van der Waals surface area contributed by atoms with Crippen LogP contribution in [0.2, 0.25) is 10.0 Å². The van der Waals surface area contributed by atoms with E-state index < -0.39 is 0 Å². The number of rotatable bonds is 10. The lowest BCUT2D eigenvalue weighted by Gasteiger charge is -2.14. The molecule has 0 bridgehead atoms. The van der Waals surface area contributed by atoms with Gasteiger partial charge in [0, 0.05) is 23.7 Å². The molecule has 20 heavy (non-hydrogen) atoms. The van der Waals surface area contributed by atoms with Crippen molar-refractivity contribution >= 4 is 23.2 Å². The van der Waals surface area contributed by atoms with Crippen molar-refractivity contribution in [2.45, 2.75) is 39.2 Å². The first-order valence-corrected chi connectivity index (χ1v) is 7.87. The fourth-order valence-electron chi connectivity index (χ4n) is 1.87. The van der Waals surface area contributed by atoms with Gasteiger partial charge in [-0.1, -0.05) is 30.1 Å². The highest BCUT2D eigenvalue weighted by molar-refractivity contribution is 6.35. The fourth-order valence-corrected chi connectivity index (χ4v) is 2.46. The van der Waals surface area contributed by atoms with Crippen LogP contribution in [0.1, 0.15) is 38.2 Å². The third-order valence-electron chi connectivity index (χ3n) is 2.86. The van der Waals surface area contributed by atoms with Crippen LogP contribution in [0.3, 0.4) is 0 Å². The molecule has 1 aromatic rings. The Bertz CT molecular complexity index is 400. The summed E-state index contributed by atoms with van der Waals surface area (Å²) in [6, 6.07) is 3.60. The maximum atomic E-state index is 8.71. The zero-order valence-corrected chi connectivity index (χ0v) is 13.4. The summed E-state index contributed by atoms with van der Waals surface area (Å²) < 4.78 is 5.70. The Morgan fingerprint density at radius 3 is 2.70 bits per heavy atom. The number of hydrogen-bond acceptors (Lipinski definition) is 3. The number of ether oxygens (including phenoxy) is 1. The quantitative estimate of drug-likeness (QED) is 0.640. The van der Waals surface area contributed by atoms with Crippen molar-refractivity contribution in [3.63, 3.8) is 0 Å². The minimum absolute atomic E-state index is 0.263. The second-order valence-corrected chi connectivity index (χ2v) is 5.53. The van der Waals surface area contributed by atoms with Gasteiger partial charge in [-0.2, -0.15) is 0 Å². The number of benzene rings is 1. The van der Waals surface area contributed by atoms with Crippen LogP contribution >= 0.6 is 23.2 Å². The van der Waals surface area contributed by atoms with E-state index in [1.54, 1.807) is 6.07 Å². The lowest BCUT2D eigenvalue weighted by Crippen LogP contribution is -2.16. The van der Waals surface area contributed by atoms with Crippen LogP contribution in [-0.4, -0.2) is 24.9 Å². The highest BCUT2D eigenvalue weighted by atomic mass is 35.5. The average molecular weight is 320 g/mol. The molecule has 5 heteroatoms. The molecule has 0 aromatic heterocycles. The van der Waals surface area contributed by atoms with E-state index in [1.807, 2.05) is 6.07 Å². The number of unbranched alkanes of at least 4 members (excludes halogenated alkanes) is 2. The molecule has 0 spiro atoms. The summed E-state index contributed by atoms with van der Waals surface area (Å²) in [5, 5.41) is 13.2. The Hall–Kier alpha value is -0.480. The molecule has 3 nitrogen and oxygen atoms in total. The van der Waals surface area contributed by atoms with Gasteiger partial charge in [-0.25, -0.2) is 0 Å². The molecule has 0 aliphatic carbocycles.